The first kappa shape index (κ1) is 14.0. The zero-order chi connectivity index (χ0) is 12.9. The van der Waals surface area contributed by atoms with Crippen molar-refractivity contribution in [3.8, 4) is 0 Å². The molecule has 98 valence electrons. The molecule has 0 aliphatic heterocycles. The Bertz CT molecular complexity index is 284. The molecule has 0 aromatic rings. The molecule has 1 unspecified atom stereocenters. The van der Waals surface area contributed by atoms with Crippen molar-refractivity contribution < 1.29 is 14.7 Å². The number of nitrogens with one attached hydrogen (secondary N) is 1. The van der Waals surface area contributed by atoms with Gasteiger partial charge in [0, 0.05) is 5.92 Å². The average Bonchev–Trinajstić information content (AvgIpc) is 2.30. The Morgan fingerprint density at radius 3 is 2.35 bits per heavy atom. The number of rotatable bonds is 5. The molecule has 17 heavy (non-hydrogen) atoms. The summed E-state index contributed by atoms with van der Waals surface area (Å²) in [5.41, 5.74) is -1.11. The number of carboxylic acids is 1. The molecule has 4 heteroatoms. The second-order valence-electron chi connectivity index (χ2n) is 5.21. The standard InChI is InChI=1S/C13H23NO3/c1-3-9-13(2,12(16)17)14-11(15)10-7-5-4-6-8-10/h10H,3-9H2,1-2H3,(H,14,15)(H,16,17). The molecule has 1 atom stereocenters. The van der Waals surface area contributed by atoms with Crippen LogP contribution in [-0.2, 0) is 9.59 Å². The summed E-state index contributed by atoms with van der Waals surface area (Å²) in [4.78, 5) is 23.2. The summed E-state index contributed by atoms with van der Waals surface area (Å²) in [6, 6.07) is 0. The van der Waals surface area contributed by atoms with Crippen molar-refractivity contribution in [3.63, 3.8) is 0 Å². The Hall–Kier alpha value is -1.06. The Morgan fingerprint density at radius 1 is 1.29 bits per heavy atom. The molecule has 0 saturated heterocycles. The van der Waals surface area contributed by atoms with Gasteiger partial charge in [-0.3, -0.25) is 4.79 Å². The van der Waals surface area contributed by atoms with Gasteiger partial charge in [-0.25, -0.2) is 4.79 Å². The molecule has 2 N–H and O–H groups in total. The van der Waals surface area contributed by atoms with Crippen LogP contribution in [-0.4, -0.2) is 22.5 Å². The molecule has 1 fully saturated rings. The lowest BCUT2D eigenvalue weighted by Crippen LogP contribution is -2.53. The van der Waals surface area contributed by atoms with Crippen LogP contribution >= 0.6 is 0 Å². The van der Waals surface area contributed by atoms with Crippen LogP contribution in [0.15, 0.2) is 0 Å². The van der Waals surface area contributed by atoms with Crippen LogP contribution in [0.5, 0.6) is 0 Å². The van der Waals surface area contributed by atoms with E-state index in [4.69, 9.17) is 0 Å². The largest absolute Gasteiger partial charge is 0.480 e. The summed E-state index contributed by atoms with van der Waals surface area (Å²) in [5.74, 6) is -1.01. The first-order chi connectivity index (χ1) is 7.99. The van der Waals surface area contributed by atoms with E-state index in [0.717, 1.165) is 32.1 Å². The third-order valence-corrected chi connectivity index (χ3v) is 3.60. The third-order valence-electron chi connectivity index (χ3n) is 3.60. The highest BCUT2D eigenvalue weighted by Gasteiger charge is 2.35. The molecule has 0 radical (unpaired) electrons. The molecule has 0 heterocycles. The molecule has 0 aromatic heterocycles. The number of hydrogen-bond acceptors (Lipinski definition) is 2. The molecular weight excluding hydrogens is 218 g/mol. The fourth-order valence-electron chi connectivity index (χ4n) is 2.46. The van der Waals surface area contributed by atoms with Gasteiger partial charge in [-0.15, -0.1) is 0 Å². The number of carbonyl (C=O) groups is 2. The molecule has 1 aliphatic rings. The van der Waals surface area contributed by atoms with Crippen molar-refractivity contribution in [2.45, 2.75) is 64.3 Å². The summed E-state index contributed by atoms with van der Waals surface area (Å²) in [6.07, 6.45) is 6.36. The van der Waals surface area contributed by atoms with Gasteiger partial charge in [-0.1, -0.05) is 32.6 Å². The maximum atomic E-state index is 12.0. The predicted molar refractivity (Wildman–Crippen MR) is 65.7 cm³/mol. The molecule has 1 amide bonds. The molecule has 4 nitrogen and oxygen atoms in total. The highest BCUT2D eigenvalue weighted by molar-refractivity contribution is 5.87. The van der Waals surface area contributed by atoms with Crippen molar-refractivity contribution in [2.75, 3.05) is 0 Å². The van der Waals surface area contributed by atoms with Gasteiger partial charge in [0.25, 0.3) is 0 Å². The number of carboxylic acid groups (broad SMARTS) is 1. The van der Waals surface area contributed by atoms with E-state index in [2.05, 4.69) is 5.32 Å². The first-order valence-corrected chi connectivity index (χ1v) is 6.55. The number of aliphatic carboxylic acids is 1. The summed E-state index contributed by atoms with van der Waals surface area (Å²) in [6.45, 7) is 3.52. The SMILES string of the molecule is CCCC(C)(NC(=O)C1CCCCC1)C(=O)O. The van der Waals surface area contributed by atoms with Crippen molar-refractivity contribution in [1.82, 2.24) is 5.32 Å². The second-order valence-corrected chi connectivity index (χ2v) is 5.21. The van der Waals surface area contributed by atoms with Crippen molar-refractivity contribution in [1.29, 1.82) is 0 Å². The van der Waals surface area contributed by atoms with Crippen molar-refractivity contribution >= 4 is 11.9 Å². The summed E-state index contributed by atoms with van der Waals surface area (Å²) < 4.78 is 0. The lowest BCUT2D eigenvalue weighted by atomic mass is 9.87. The Kier molecular flexibility index (Phi) is 4.97. The number of hydrogen-bond donors (Lipinski definition) is 2. The minimum Gasteiger partial charge on any atom is -0.480 e. The van der Waals surface area contributed by atoms with Crippen LogP contribution in [0.2, 0.25) is 0 Å². The van der Waals surface area contributed by atoms with E-state index in [9.17, 15) is 14.7 Å². The molecule has 0 spiro atoms. The highest BCUT2D eigenvalue weighted by atomic mass is 16.4. The molecule has 1 rings (SSSR count). The summed E-state index contributed by atoms with van der Waals surface area (Å²) in [5, 5.41) is 11.9. The third kappa shape index (κ3) is 3.72. The van der Waals surface area contributed by atoms with Gasteiger partial charge in [0.15, 0.2) is 0 Å². The van der Waals surface area contributed by atoms with Crippen LogP contribution in [0.25, 0.3) is 0 Å². The molecule has 1 aliphatic carbocycles. The van der Waals surface area contributed by atoms with E-state index < -0.39 is 11.5 Å². The molecular formula is C13H23NO3. The summed E-state index contributed by atoms with van der Waals surface area (Å²) in [7, 11) is 0. The first-order valence-electron chi connectivity index (χ1n) is 6.55. The van der Waals surface area contributed by atoms with Gasteiger partial charge in [0.1, 0.15) is 5.54 Å². The molecule has 0 aromatic carbocycles. The fourth-order valence-corrected chi connectivity index (χ4v) is 2.46. The van der Waals surface area contributed by atoms with Gasteiger partial charge in [-0.05, 0) is 26.2 Å². The van der Waals surface area contributed by atoms with Crippen LogP contribution in [0.4, 0.5) is 0 Å². The topological polar surface area (TPSA) is 66.4 Å². The average molecular weight is 241 g/mol. The van der Waals surface area contributed by atoms with E-state index in [1.54, 1.807) is 6.92 Å². The van der Waals surface area contributed by atoms with Crippen LogP contribution in [0.1, 0.15) is 58.8 Å². The van der Waals surface area contributed by atoms with E-state index in [1.165, 1.54) is 6.42 Å². The summed E-state index contributed by atoms with van der Waals surface area (Å²) >= 11 is 0. The smallest absolute Gasteiger partial charge is 0.329 e. The quantitative estimate of drug-likeness (QED) is 0.776. The van der Waals surface area contributed by atoms with E-state index in [-0.39, 0.29) is 11.8 Å². The fraction of sp³-hybridized carbons (Fsp3) is 0.846. The minimum absolute atomic E-state index is 0.0132. The van der Waals surface area contributed by atoms with Gasteiger partial charge < -0.3 is 10.4 Å². The number of carbonyl (C=O) groups excluding carboxylic acids is 1. The molecule has 0 bridgehead atoms. The van der Waals surface area contributed by atoms with Gasteiger partial charge >= 0.3 is 5.97 Å². The second kappa shape index (κ2) is 6.03. The molecule has 1 saturated carbocycles. The van der Waals surface area contributed by atoms with Crippen molar-refractivity contribution in [2.24, 2.45) is 5.92 Å². The maximum absolute atomic E-state index is 12.0. The highest BCUT2D eigenvalue weighted by Crippen LogP contribution is 2.25. The van der Waals surface area contributed by atoms with Crippen LogP contribution in [0.3, 0.4) is 0 Å². The maximum Gasteiger partial charge on any atom is 0.329 e. The normalized spacial score (nSPS) is 20.6. The van der Waals surface area contributed by atoms with Crippen LogP contribution < -0.4 is 5.32 Å². The zero-order valence-electron chi connectivity index (χ0n) is 10.8. The van der Waals surface area contributed by atoms with E-state index in [1.807, 2.05) is 6.92 Å². The van der Waals surface area contributed by atoms with Gasteiger partial charge in [-0.2, -0.15) is 0 Å². The van der Waals surface area contributed by atoms with Crippen molar-refractivity contribution in [3.05, 3.63) is 0 Å². The zero-order valence-corrected chi connectivity index (χ0v) is 10.8. The van der Waals surface area contributed by atoms with Crippen LogP contribution in [0, 0.1) is 5.92 Å². The van der Waals surface area contributed by atoms with E-state index >= 15 is 0 Å². The Labute approximate surface area is 103 Å². The Balaban J connectivity index is 2.60. The monoisotopic (exact) mass is 241 g/mol. The van der Waals surface area contributed by atoms with E-state index in [0.29, 0.717) is 6.42 Å². The lowest BCUT2D eigenvalue weighted by Gasteiger charge is -2.29. The Morgan fingerprint density at radius 2 is 1.88 bits per heavy atom. The lowest BCUT2D eigenvalue weighted by molar-refractivity contribution is -0.148. The van der Waals surface area contributed by atoms with Gasteiger partial charge in [0.05, 0.1) is 0 Å². The number of amides is 1. The van der Waals surface area contributed by atoms with Gasteiger partial charge in [0.2, 0.25) is 5.91 Å². The minimum atomic E-state index is -1.11. The predicted octanol–water partition coefficient (Wildman–Crippen LogP) is 2.33.